The number of hydrogen-bond donors (Lipinski definition) is 2. The summed E-state index contributed by atoms with van der Waals surface area (Å²) in [5, 5.41) is 0. The van der Waals surface area contributed by atoms with Crippen LogP contribution in [0, 0.1) is 0 Å². The van der Waals surface area contributed by atoms with Crippen LogP contribution in [0.4, 0.5) is 5.82 Å². The highest BCUT2D eigenvalue weighted by Crippen LogP contribution is 2.25. The van der Waals surface area contributed by atoms with E-state index in [1.807, 2.05) is 30.3 Å². The Hall–Kier alpha value is -2.56. The molecule has 0 bridgehead atoms. The minimum Gasteiger partial charge on any atom is -0.497 e. The van der Waals surface area contributed by atoms with Crippen LogP contribution in [0.3, 0.4) is 0 Å². The number of benzene rings is 1. The predicted molar refractivity (Wildman–Crippen MR) is 70.3 cm³/mol. The first-order valence-electron chi connectivity index (χ1n) is 5.52. The maximum atomic E-state index is 5.83. The molecule has 5 nitrogen and oxygen atoms in total. The van der Waals surface area contributed by atoms with Gasteiger partial charge in [0.25, 0.3) is 0 Å². The van der Waals surface area contributed by atoms with Crippen LogP contribution in [0.2, 0.25) is 0 Å². The molecule has 3 N–H and O–H groups in total. The van der Waals surface area contributed by atoms with Gasteiger partial charge in [-0.05, 0) is 24.3 Å². The number of aromatic amines is 1. The van der Waals surface area contributed by atoms with E-state index >= 15 is 0 Å². The van der Waals surface area contributed by atoms with E-state index in [2.05, 4.69) is 15.0 Å². The van der Waals surface area contributed by atoms with Crippen LogP contribution in [0.15, 0.2) is 36.5 Å². The summed E-state index contributed by atoms with van der Waals surface area (Å²) in [5.41, 5.74) is 8.41. The average Bonchev–Trinajstić information content (AvgIpc) is 2.81. The van der Waals surface area contributed by atoms with Crippen LogP contribution >= 0.6 is 0 Å². The molecule has 0 aliphatic carbocycles. The molecular formula is C13H12N4O. The number of methoxy groups -OCH3 is 1. The number of aromatic nitrogens is 3. The molecule has 0 atom stereocenters. The summed E-state index contributed by atoms with van der Waals surface area (Å²) >= 11 is 0. The number of pyridine rings is 1. The summed E-state index contributed by atoms with van der Waals surface area (Å²) in [4.78, 5) is 11.8. The van der Waals surface area contributed by atoms with Gasteiger partial charge in [-0.1, -0.05) is 0 Å². The highest BCUT2D eigenvalue weighted by atomic mass is 16.5. The van der Waals surface area contributed by atoms with Gasteiger partial charge < -0.3 is 15.5 Å². The van der Waals surface area contributed by atoms with Crippen molar-refractivity contribution in [3.05, 3.63) is 36.5 Å². The van der Waals surface area contributed by atoms with Gasteiger partial charge >= 0.3 is 0 Å². The zero-order chi connectivity index (χ0) is 12.5. The van der Waals surface area contributed by atoms with Crippen LogP contribution in [0.25, 0.3) is 22.4 Å². The highest BCUT2D eigenvalue weighted by molar-refractivity contribution is 5.82. The third kappa shape index (κ3) is 1.66. The van der Waals surface area contributed by atoms with Crippen LogP contribution in [-0.4, -0.2) is 22.1 Å². The van der Waals surface area contributed by atoms with Crippen LogP contribution in [0.1, 0.15) is 0 Å². The lowest BCUT2D eigenvalue weighted by molar-refractivity contribution is 0.415. The minimum absolute atomic E-state index is 0.462. The summed E-state index contributed by atoms with van der Waals surface area (Å²) in [6.07, 6.45) is 1.66. The Kier molecular flexibility index (Phi) is 2.37. The number of H-pyrrole nitrogens is 1. The zero-order valence-electron chi connectivity index (χ0n) is 9.84. The van der Waals surface area contributed by atoms with Crippen LogP contribution in [-0.2, 0) is 0 Å². The summed E-state index contributed by atoms with van der Waals surface area (Å²) < 4.78 is 5.18. The molecule has 0 saturated heterocycles. The first-order valence-corrected chi connectivity index (χ1v) is 5.52. The van der Waals surface area contributed by atoms with Gasteiger partial charge in [0.15, 0.2) is 0 Å². The van der Waals surface area contributed by atoms with Crippen molar-refractivity contribution in [1.82, 2.24) is 15.0 Å². The maximum absolute atomic E-state index is 5.83. The Labute approximate surface area is 104 Å². The summed E-state index contributed by atoms with van der Waals surface area (Å²) in [6, 6.07) is 9.40. The molecule has 0 spiro atoms. The van der Waals surface area contributed by atoms with E-state index in [9.17, 15) is 0 Å². The molecule has 18 heavy (non-hydrogen) atoms. The van der Waals surface area contributed by atoms with Gasteiger partial charge in [0.1, 0.15) is 17.4 Å². The van der Waals surface area contributed by atoms with Gasteiger partial charge in [0.05, 0.1) is 23.7 Å². The van der Waals surface area contributed by atoms with Gasteiger partial charge in [-0.25, -0.2) is 9.97 Å². The Morgan fingerprint density at radius 2 is 2.17 bits per heavy atom. The van der Waals surface area contributed by atoms with Gasteiger partial charge in [0.2, 0.25) is 0 Å². The molecule has 0 unspecified atom stereocenters. The van der Waals surface area contributed by atoms with E-state index in [0.717, 1.165) is 22.3 Å². The fourth-order valence-electron chi connectivity index (χ4n) is 1.86. The van der Waals surface area contributed by atoms with Crippen molar-refractivity contribution in [2.24, 2.45) is 0 Å². The number of ether oxygens (including phenoxy) is 1. The Morgan fingerprint density at radius 3 is 2.94 bits per heavy atom. The summed E-state index contributed by atoms with van der Waals surface area (Å²) in [6.45, 7) is 0. The number of rotatable bonds is 2. The third-order valence-corrected chi connectivity index (χ3v) is 2.78. The van der Waals surface area contributed by atoms with E-state index in [-0.39, 0.29) is 0 Å². The van der Waals surface area contributed by atoms with Crippen molar-refractivity contribution >= 4 is 16.9 Å². The topological polar surface area (TPSA) is 76.8 Å². The van der Waals surface area contributed by atoms with Crippen molar-refractivity contribution < 1.29 is 4.74 Å². The van der Waals surface area contributed by atoms with Crippen molar-refractivity contribution in [2.75, 3.05) is 12.8 Å². The molecular weight excluding hydrogens is 228 g/mol. The predicted octanol–water partition coefficient (Wildman–Crippen LogP) is 2.22. The molecule has 2 heterocycles. The molecule has 1 aromatic carbocycles. The van der Waals surface area contributed by atoms with Gasteiger partial charge in [0, 0.05) is 12.3 Å². The number of nitrogens with two attached hydrogens (primary N) is 1. The van der Waals surface area contributed by atoms with Crippen molar-refractivity contribution in [3.63, 3.8) is 0 Å². The number of nitrogen functional groups attached to an aromatic ring is 1. The number of nitrogens with zero attached hydrogens (tertiary/aromatic N) is 2. The molecule has 0 saturated carbocycles. The number of hydrogen-bond acceptors (Lipinski definition) is 4. The minimum atomic E-state index is 0.462. The molecule has 0 radical (unpaired) electrons. The molecule has 90 valence electrons. The second kappa shape index (κ2) is 4.03. The lowest BCUT2D eigenvalue weighted by atomic mass is 10.2. The van der Waals surface area contributed by atoms with E-state index < -0.39 is 0 Å². The van der Waals surface area contributed by atoms with Gasteiger partial charge in [-0.15, -0.1) is 0 Å². The van der Waals surface area contributed by atoms with Gasteiger partial charge in [-0.3, -0.25) is 0 Å². The molecule has 3 aromatic rings. The standard InChI is InChI=1S/C13H12N4O/c1-18-8-4-5-10-11(7-8)17-13(16-10)9-3-2-6-15-12(9)14/h2-7H,1H3,(H2,14,15)(H,16,17). The monoisotopic (exact) mass is 240 g/mol. The average molecular weight is 240 g/mol. The van der Waals surface area contributed by atoms with Crippen LogP contribution < -0.4 is 10.5 Å². The molecule has 5 heteroatoms. The first-order chi connectivity index (χ1) is 8.78. The van der Waals surface area contributed by atoms with Crippen molar-refractivity contribution in [2.45, 2.75) is 0 Å². The number of nitrogens with one attached hydrogen (secondary N) is 1. The SMILES string of the molecule is COc1ccc2nc(-c3cccnc3N)[nH]c2c1. The highest BCUT2D eigenvalue weighted by Gasteiger charge is 2.09. The summed E-state index contributed by atoms with van der Waals surface area (Å²) in [5.74, 6) is 1.96. The normalized spacial score (nSPS) is 10.7. The molecule has 0 aliphatic rings. The van der Waals surface area contributed by atoms with Crippen molar-refractivity contribution in [1.29, 1.82) is 0 Å². The van der Waals surface area contributed by atoms with E-state index in [4.69, 9.17) is 10.5 Å². The Balaban J connectivity index is 2.17. The van der Waals surface area contributed by atoms with E-state index in [1.54, 1.807) is 13.3 Å². The lowest BCUT2D eigenvalue weighted by Crippen LogP contribution is -1.93. The molecule has 2 aromatic heterocycles. The molecule has 0 aliphatic heterocycles. The lowest BCUT2D eigenvalue weighted by Gasteiger charge is -1.99. The number of fused-ring (bicyclic) bond motifs is 1. The zero-order valence-corrected chi connectivity index (χ0v) is 9.84. The van der Waals surface area contributed by atoms with Crippen molar-refractivity contribution in [3.8, 4) is 17.1 Å². The Morgan fingerprint density at radius 1 is 1.28 bits per heavy atom. The quantitative estimate of drug-likeness (QED) is 0.720. The fourth-order valence-corrected chi connectivity index (χ4v) is 1.86. The number of imidazole rings is 1. The van der Waals surface area contributed by atoms with Crippen LogP contribution in [0.5, 0.6) is 5.75 Å². The fraction of sp³-hybridized carbons (Fsp3) is 0.0769. The van der Waals surface area contributed by atoms with Gasteiger partial charge in [-0.2, -0.15) is 0 Å². The first kappa shape index (κ1) is 10.6. The molecule has 0 amide bonds. The molecule has 0 fully saturated rings. The number of anilines is 1. The second-order valence-corrected chi connectivity index (χ2v) is 3.90. The largest absolute Gasteiger partial charge is 0.497 e. The molecule has 3 rings (SSSR count). The maximum Gasteiger partial charge on any atom is 0.142 e. The van der Waals surface area contributed by atoms with E-state index in [1.165, 1.54) is 0 Å². The Bertz CT molecular complexity index is 705. The van der Waals surface area contributed by atoms with E-state index in [0.29, 0.717) is 11.6 Å². The summed E-state index contributed by atoms with van der Waals surface area (Å²) in [7, 11) is 1.64. The smallest absolute Gasteiger partial charge is 0.142 e. The second-order valence-electron chi connectivity index (χ2n) is 3.90. The third-order valence-electron chi connectivity index (χ3n) is 2.78.